The number of rotatable bonds is 13. The van der Waals surface area contributed by atoms with Gasteiger partial charge in [-0.3, -0.25) is 0 Å². The lowest BCUT2D eigenvalue weighted by Gasteiger charge is -2.29. The van der Waals surface area contributed by atoms with Crippen molar-refractivity contribution in [1.29, 1.82) is 0 Å². The number of unbranched alkanes of at least 4 members (excludes halogenated alkanes) is 2. The van der Waals surface area contributed by atoms with Crippen LogP contribution in [0.15, 0.2) is 48.5 Å². The second kappa shape index (κ2) is 15.0. The van der Waals surface area contributed by atoms with Crippen molar-refractivity contribution in [2.45, 2.75) is 135 Å². The molecule has 198 valence electrons. The topological polar surface area (TPSA) is 0 Å². The normalized spacial score (nSPS) is 24.6. The smallest absolute Gasteiger partial charge is 0.0162 e. The summed E-state index contributed by atoms with van der Waals surface area (Å²) in [5, 5.41) is 0. The summed E-state index contributed by atoms with van der Waals surface area (Å²) in [6, 6.07) is 19.3. The van der Waals surface area contributed by atoms with Crippen LogP contribution in [0.3, 0.4) is 0 Å². The zero-order valence-electron chi connectivity index (χ0n) is 23.7. The van der Waals surface area contributed by atoms with Crippen molar-refractivity contribution in [3.05, 3.63) is 70.8 Å². The molecule has 4 rings (SSSR count). The van der Waals surface area contributed by atoms with Gasteiger partial charge in [-0.1, -0.05) is 127 Å². The first-order chi connectivity index (χ1) is 17.7. The van der Waals surface area contributed by atoms with Crippen molar-refractivity contribution in [3.63, 3.8) is 0 Å². The summed E-state index contributed by atoms with van der Waals surface area (Å²) < 4.78 is 0. The molecule has 0 amide bonds. The van der Waals surface area contributed by atoms with Crippen molar-refractivity contribution in [1.82, 2.24) is 0 Å². The van der Waals surface area contributed by atoms with E-state index in [1.165, 1.54) is 114 Å². The van der Waals surface area contributed by atoms with E-state index in [1.54, 1.807) is 11.1 Å². The van der Waals surface area contributed by atoms with E-state index in [0.29, 0.717) is 0 Å². The first kappa shape index (κ1) is 27.5. The maximum atomic E-state index is 2.44. The van der Waals surface area contributed by atoms with Gasteiger partial charge in [-0.2, -0.15) is 0 Å². The van der Waals surface area contributed by atoms with Crippen molar-refractivity contribution in [3.8, 4) is 0 Å². The SMILES string of the molecule is CCCCCC1CCC(c2ccc(CCc3ccc(CCC4CCC(CCC)CC4)cc3)cc2)CC1. The molecule has 0 heterocycles. The molecule has 2 saturated carbocycles. The summed E-state index contributed by atoms with van der Waals surface area (Å²) in [4.78, 5) is 0. The van der Waals surface area contributed by atoms with Gasteiger partial charge in [0.1, 0.15) is 0 Å². The monoisotopic (exact) mass is 486 g/mol. The van der Waals surface area contributed by atoms with E-state index in [-0.39, 0.29) is 0 Å². The third-order valence-electron chi connectivity index (χ3n) is 9.74. The fourth-order valence-corrected chi connectivity index (χ4v) is 7.17. The molecule has 0 spiro atoms. The van der Waals surface area contributed by atoms with Crippen LogP contribution in [0.5, 0.6) is 0 Å². The lowest BCUT2D eigenvalue weighted by Crippen LogP contribution is -2.15. The second-order valence-corrected chi connectivity index (χ2v) is 12.5. The Morgan fingerprint density at radius 2 is 0.944 bits per heavy atom. The largest absolute Gasteiger partial charge is 0.0654 e. The van der Waals surface area contributed by atoms with Crippen molar-refractivity contribution < 1.29 is 0 Å². The van der Waals surface area contributed by atoms with Crippen LogP contribution in [0.4, 0.5) is 0 Å². The molecule has 2 fully saturated rings. The molecule has 0 nitrogen and oxygen atoms in total. The van der Waals surface area contributed by atoms with E-state index in [2.05, 4.69) is 62.4 Å². The molecule has 0 bridgehead atoms. The first-order valence-corrected chi connectivity index (χ1v) is 15.9. The minimum atomic E-state index is 0.806. The van der Waals surface area contributed by atoms with Gasteiger partial charge in [0.25, 0.3) is 0 Å². The van der Waals surface area contributed by atoms with E-state index in [4.69, 9.17) is 0 Å². The third-order valence-corrected chi connectivity index (χ3v) is 9.74. The van der Waals surface area contributed by atoms with Crippen LogP contribution >= 0.6 is 0 Å². The molecule has 0 saturated heterocycles. The molecule has 0 N–H and O–H groups in total. The minimum Gasteiger partial charge on any atom is -0.0654 e. The predicted molar refractivity (Wildman–Crippen MR) is 158 cm³/mol. The highest BCUT2D eigenvalue weighted by atomic mass is 14.3. The van der Waals surface area contributed by atoms with Crippen LogP contribution in [0.2, 0.25) is 0 Å². The van der Waals surface area contributed by atoms with Crippen molar-refractivity contribution >= 4 is 0 Å². The van der Waals surface area contributed by atoms with E-state index < -0.39 is 0 Å². The minimum absolute atomic E-state index is 0.806. The molecule has 2 aromatic rings. The molecule has 0 aliphatic heterocycles. The molecule has 0 atom stereocenters. The molecule has 0 aromatic heterocycles. The van der Waals surface area contributed by atoms with Crippen LogP contribution in [0.25, 0.3) is 0 Å². The van der Waals surface area contributed by atoms with Gasteiger partial charge in [0.2, 0.25) is 0 Å². The Balaban J connectivity index is 1.14. The fraction of sp³-hybridized carbons (Fsp3) is 0.667. The highest BCUT2D eigenvalue weighted by Crippen LogP contribution is 2.38. The Labute approximate surface area is 223 Å². The molecule has 36 heavy (non-hydrogen) atoms. The Hall–Kier alpha value is -1.56. The van der Waals surface area contributed by atoms with Crippen LogP contribution in [0, 0.1) is 17.8 Å². The van der Waals surface area contributed by atoms with Gasteiger partial charge in [0.05, 0.1) is 0 Å². The second-order valence-electron chi connectivity index (χ2n) is 12.5. The molecular formula is C36H54. The Morgan fingerprint density at radius 3 is 1.50 bits per heavy atom. The Bertz CT molecular complexity index is 829. The number of aryl methyl sites for hydroxylation is 3. The Kier molecular flexibility index (Phi) is 11.4. The fourth-order valence-electron chi connectivity index (χ4n) is 7.17. The lowest BCUT2D eigenvalue weighted by molar-refractivity contribution is 0.252. The summed E-state index contributed by atoms with van der Waals surface area (Å²) in [6.45, 7) is 4.66. The van der Waals surface area contributed by atoms with Crippen LogP contribution < -0.4 is 0 Å². The van der Waals surface area contributed by atoms with Gasteiger partial charge in [-0.05, 0) is 97.3 Å². The molecule has 2 aliphatic rings. The van der Waals surface area contributed by atoms with E-state index in [1.807, 2.05) is 0 Å². The predicted octanol–water partition coefficient (Wildman–Crippen LogP) is 10.9. The van der Waals surface area contributed by atoms with E-state index >= 15 is 0 Å². The maximum absolute atomic E-state index is 2.44. The molecule has 2 aliphatic carbocycles. The van der Waals surface area contributed by atoms with Gasteiger partial charge in [0, 0.05) is 0 Å². The first-order valence-electron chi connectivity index (χ1n) is 15.9. The third kappa shape index (κ3) is 8.78. The lowest BCUT2D eigenvalue weighted by atomic mass is 9.77. The quantitative estimate of drug-likeness (QED) is 0.247. The molecule has 2 aromatic carbocycles. The van der Waals surface area contributed by atoms with Gasteiger partial charge < -0.3 is 0 Å². The summed E-state index contributed by atoms with van der Waals surface area (Å²) >= 11 is 0. The van der Waals surface area contributed by atoms with Crippen molar-refractivity contribution in [2.24, 2.45) is 17.8 Å². The summed E-state index contributed by atoms with van der Waals surface area (Å²) in [5.74, 6) is 3.81. The molecule has 0 radical (unpaired) electrons. The van der Waals surface area contributed by atoms with Crippen LogP contribution in [-0.4, -0.2) is 0 Å². The number of hydrogen-bond donors (Lipinski definition) is 0. The van der Waals surface area contributed by atoms with Crippen molar-refractivity contribution in [2.75, 3.05) is 0 Å². The maximum Gasteiger partial charge on any atom is -0.0162 e. The molecular weight excluding hydrogens is 432 g/mol. The highest BCUT2D eigenvalue weighted by molar-refractivity contribution is 5.28. The molecule has 0 heteroatoms. The number of benzene rings is 2. The van der Waals surface area contributed by atoms with E-state index in [9.17, 15) is 0 Å². The van der Waals surface area contributed by atoms with Gasteiger partial charge in [-0.15, -0.1) is 0 Å². The van der Waals surface area contributed by atoms with Crippen LogP contribution in [-0.2, 0) is 19.3 Å². The summed E-state index contributed by atoms with van der Waals surface area (Å²) in [7, 11) is 0. The van der Waals surface area contributed by atoms with Gasteiger partial charge in [0.15, 0.2) is 0 Å². The van der Waals surface area contributed by atoms with Crippen LogP contribution in [0.1, 0.15) is 138 Å². The highest BCUT2D eigenvalue weighted by Gasteiger charge is 2.22. The standard InChI is InChI=1S/C36H54/c1-3-5-6-8-30-21-25-35(26-22-30)36-27-23-34(24-28-36)20-19-33-17-15-32(16-18-33)14-13-31-11-9-29(7-4-2)10-12-31/h15-18,23-24,27-31,35H,3-14,19-22,25-26H2,1-2H3. The number of hydrogen-bond acceptors (Lipinski definition) is 0. The zero-order chi connectivity index (χ0) is 25.0. The summed E-state index contributed by atoms with van der Waals surface area (Å²) in [6.07, 6.45) is 25.1. The summed E-state index contributed by atoms with van der Waals surface area (Å²) in [5.41, 5.74) is 6.12. The Morgan fingerprint density at radius 1 is 0.472 bits per heavy atom. The van der Waals surface area contributed by atoms with Gasteiger partial charge >= 0.3 is 0 Å². The average Bonchev–Trinajstić information content (AvgIpc) is 2.93. The van der Waals surface area contributed by atoms with Gasteiger partial charge in [-0.25, -0.2) is 0 Å². The molecule has 0 unspecified atom stereocenters. The zero-order valence-corrected chi connectivity index (χ0v) is 23.7. The van der Waals surface area contributed by atoms with E-state index in [0.717, 1.165) is 36.5 Å². The average molecular weight is 487 g/mol.